The van der Waals surface area contributed by atoms with Gasteiger partial charge in [-0.1, -0.05) is 17.8 Å². The first kappa shape index (κ1) is 22.2. The van der Waals surface area contributed by atoms with Gasteiger partial charge in [0.2, 0.25) is 11.0 Å². The lowest BCUT2D eigenvalue weighted by molar-refractivity contribution is -0.384. The second kappa shape index (κ2) is 9.98. The van der Waals surface area contributed by atoms with Crippen molar-refractivity contribution < 1.29 is 23.2 Å². The summed E-state index contributed by atoms with van der Waals surface area (Å²) in [6, 6.07) is 10.9. The summed E-state index contributed by atoms with van der Waals surface area (Å²) in [5, 5.41) is 22.4. The molecular weight excluding hydrogens is 432 g/mol. The summed E-state index contributed by atoms with van der Waals surface area (Å²) in [5.41, 5.74) is 1.15. The number of halogens is 2. The predicted octanol–water partition coefficient (Wildman–Crippen LogP) is 4.32. The fourth-order valence-corrected chi connectivity index (χ4v) is 3.05. The fraction of sp³-hybridized carbons (Fsp3) is 0.211. The van der Waals surface area contributed by atoms with Crippen LogP contribution in [0.25, 0.3) is 0 Å². The smallest absolute Gasteiger partial charge is 0.299 e. The monoisotopic (exact) mass is 449 g/mol. The van der Waals surface area contributed by atoms with Crippen LogP contribution in [0, 0.1) is 10.1 Å². The van der Waals surface area contributed by atoms with Crippen molar-refractivity contribution in [1.29, 1.82) is 0 Å². The van der Waals surface area contributed by atoms with Crippen LogP contribution in [0.2, 0.25) is 0 Å². The molecule has 0 unspecified atom stereocenters. The zero-order valence-corrected chi connectivity index (χ0v) is 17.3. The molecule has 31 heavy (non-hydrogen) atoms. The highest BCUT2D eigenvalue weighted by atomic mass is 32.2. The lowest BCUT2D eigenvalue weighted by Gasteiger charge is -2.11. The molecule has 0 saturated heterocycles. The third-order valence-electron chi connectivity index (χ3n) is 4.06. The zero-order chi connectivity index (χ0) is 22.4. The first-order valence-electron chi connectivity index (χ1n) is 8.79. The molecule has 3 rings (SSSR count). The number of rotatable bonds is 9. The van der Waals surface area contributed by atoms with Gasteiger partial charge in [-0.2, -0.15) is 9.78 Å². The number of alkyl halides is 2. The van der Waals surface area contributed by atoms with Gasteiger partial charge in [-0.3, -0.25) is 10.1 Å². The largest absolute Gasteiger partial charge is 0.496 e. The van der Waals surface area contributed by atoms with Crippen molar-refractivity contribution in [3.05, 3.63) is 69.5 Å². The predicted molar refractivity (Wildman–Crippen MR) is 110 cm³/mol. The van der Waals surface area contributed by atoms with Crippen molar-refractivity contribution in [2.75, 3.05) is 13.4 Å². The highest BCUT2D eigenvalue weighted by molar-refractivity contribution is 7.98. The Hall–Kier alpha value is -3.54. The standard InChI is InChI=1S/C19H17F2N5O4S/c1-29-16-7-6-12(10-22-25-18(17(20)21)23-24-19(25)31-2)8-13(16)11-30-15-5-3-4-14(9-15)26(27)28/h3-10,17H,11H2,1-2H3/b22-10+. The van der Waals surface area contributed by atoms with E-state index in [0.29, 0.717) is 22.6 Å². The molecular formula is C19H17F2N5O4S. The lowest BCUT2D eigenvalue weighted by atomic mass is 10.1. The van der Waals surface area contributed by atoms with Gasteiger partial charge in [0.15, 0.2) is 0 Å². The van der Waals surface area contributed by atoms with Crippen LogP contribution in [0.3, 0.4) is 0 Å². The van der Waals surface area contributed by atoms with Crippen molar-refractivity contribution in [2.45, 2.75) is 18.2 Å². The minimum absolute atomic E-state index is 0.0665. The fourth-order valence-electron chi connectivity index (χ4n) is 2.61. The molecule has 0 atom stereocenters. The molecule has 0 spiro atoms. The van der Waals surface area contributed by atoms with Gasteiger partial charge in [-0.25, -0.2) is 8.78 Å². The second-order valence-electron chi connectivity index (χ2n) is 6.02. The first-order chi connectivity index (χ1) is 14.9. The van der Waals surface area contributed by atoms with Crippen LogP contribution in [0.1, 0.15) is 23.4 Å². The number of hydrogen-bond acceptors (Lipinski definition) is 8. The van der Waals surface area contributed by atoms with Gasteiger partial charge in [0, 0.05) is 11.6 Å². The molecule has 3 aromatic rings. The van der Waals surface area contributed by atoms with Crippen LogP contribution in [0.15, 0.2) is 52.7 Å². The van der Waals surface area contributed by atoms with E-state index in [1.807, 2.05) is 0 Å². The summed E-state index contributed by atoms with van der Waals surface area (Å²) in [7, 11) is 1.50. The SMILES string of the molecule is COc1ccc(/C=N/n2c(SC)nnc2C(F)F)cc1COc1cccc([N+](=O)[O-])c1. The summed E-state index contributed by atoms with van der Waals surface area (Å²) >= 11 is 1.14. The van der Waals surface area contributed by atoms with E-state index in [9.17, 15) is 18.9 Å². The van der Waals surface area contributed by atoms with Crippen molar-refractivity contribution in [3.8, 4) is 11.5 Å². The Morgan fingerprint density at radius 3 is 2.77 bits per heavy atom. The van der Waals surface area contributed by atoms with Gasteiger partial charge in [0.1, 0.15) is 18.1 Å². The number of thioether (sulfide) groups is 1. The molecule has 0 saturated carbocycles. The molecule has 1 heterocycles. The topological polar surface area (TPSA) is 105 Å². The number of nitrogens with zero attached hydrogens (tertiary/aromatic N) is 5. The van der Waals surface area contributed by atoms with Gasteiger partial charge in [0.25, 0.3) is 12.1 Å². The number of ether oxygens (including phenoxy) is 2. The van der Waals surface area contributed by atoms with Crippen LogP contribution in [-0.4, -0.2) is 39.4 Å². The number of nitro benzene ring substituents is 1. The third-order valence-corrected chi connectivity index (χ3v) is 4.68. The van der Waals surface area contributed by atoms with Crippen LogP contribution >= 0.6 is 11.8 Å². The van der Waals surface area contributed by atoms with E-state index in [2.05, 4.69) is 15.3 Å². The van der Waals surface area contributed by atoms with Crippen LogP contribution in [0.5, 0.6) is 11.5 Å². The molecule has 0 aliphatic carbocycles. The molecule has 0 bridgehead atoms. The third kappa shape index (κ3) is 5.34. The van der Waals surface area contributed by atoms with Crippen LogP contribution < -0.4 is 9.47 Å². The van der Waals surface area contributed by atoms with Gasteiger partial charge < -0.3 is 9.47 Å². The molecule has 0 radical (unpaired) electrons. The summed E-state index contributed by atoms with van der Waals surface area (Å²) < 4.78 is 38.2. The highest BCUT2D eigenvalue weighted by Gasteiger charge is 2.19. The second-order valence-corrected chi connectivity index (χ2v) is 6.79. The summed E-state index contributed by atoms with van der Waals surface area (Å²) in [6.45, 7) is 0.0665. The Labute approximate surface area is 179 Å². The van der Waals surface area contributed by atoms with Crippen molar-refractivity contribution >= 4 is 23.7 Å². The van der Waals surface area contributed by atoms with E-state index in [1.165, 1.54) is 31.5 Å². The quantitative estimate of drug-likeness (QED) is 0.207. The maximum atomic E-state index is 13.1. The molecule has 12 heteroatoms. The summed E-state index contributed by atoms with van der Waals surface area (Å²) in [5.74, 6) is 0.305. The normalized spacial score (nSPS) is 11.3. The number of methoxy groups -OCH3 is 1. The van der Waals surface area contributed by atoms with Gasteiger partial charge in [-0.05, 0) is 36.1 Å². The maximum Gasteiger partial charge on any atom is 0.299 e. The molecule has 0 N–H and O–H groups in total. The average Bonchev–Trinajstić information content (AvgIpc) is 3.19. The Morgan fingerprint density at radius 2 is 2.10 bits per heavy atom. The van der Waals surface area contributed by atoms with Crippen molar-refractivity contribution in [1.82, 2.24) is 14.9 Å². The summed E-state index contributed by atoms with van der Waals surface area (Å²) in [4.78, 5) is 10.4. The molecule has 1 aromatic heterocycles. The van der Waals surface area contributed by atoms with E-state index in [1.54, 1.807) is 30.5 Å². The van der Waals surface area contributed by atoms with Crippen LogP contribution in [-0.2, 0) is 6.61 Å². The lowest BCUT2D eigenvalue weighted by Crippen LogP contribution is -2.02. The van der Waals surface area contributed by atoms with Gasteiger partial charge in [0.05, 0.1) is 24.3 Å². The number of benzene rings is 2. The summed E-state index contributed by atoms with van der Waals surface area (Å²) in [6.07, 6.45) is 0.258. The molecule has 0 aliphatic heterocycles. The Bertz CT molecular complexity index is 1110. The van der Waals surface area contributed by atoms with Crippen molar-refractivity contribution in [3.63, 3.8) is 0 Å². The molecule has 0 aliphatic rings. The zero-order valence-electron chi connectivity index (χ0n) is 16.4. The van der Waals surface area contributed by atoms with E-state index in [-0.39, 0.29) is 17.5 Å². The highest BCUT2D eigenvalue weighted by Crippen LogP contribution is 2.25. The number of nitro groups is 1. The van der Waals surface area contributed by atoms with Crippen molar-refractivity contribution in [2.24, 2.45) is 5.10 Å². The molecule has 2 aromatic carbocycles. The van der Waals surface area contributed by atoms with E-state index in [0.717, 1.165) is 16.4 Å². The Morgan fingerprint density at radius 1 is 1.29 bits per heavy atom. The molecule has 162 valence electrons. The molecule has 0 amide bonds. The number of non-ortho nitro benzene ring substituents is 1. The van der Waals surface area contributed by atoms with Gasteiger partial charge >= 0.3 is 0 Å². The minimum atomic E-state index is -2.82. The minimum Gasteiger partial charge on any atom is -0.496 e. The van der Waals surface area contributed by atoms with Gasteiger partial charge in [-0.15, -0.1) is 10.2 Å². The number of aromatic nitrogens is 3. The Kier molecular flexibility index (Phi) is 7.13. The maximum absolute atomic E-state index is 13.1. The number of hydrogen-bond donors (Lipinski definition) is 0. The van der Waals surface area contributed by atoms with E-state index in [4.69, 9.17) is 9.47 Å². The van der Waals surface area contributed by atoms with E-state index < -0.39 is 17.2 Å². The Balaban J connectivity index is 1.83. The molecule has 9 nitrogen and oxygen atoms in total. The first-order valence-corrected chi connectivity index (χ1v) is 10.0. The average molecular weight is 449 g/mol. The molecule has 0 fully saturated rings. The van der Waals surface area contributed by atoms with E-state index >= 15 is 0 Å². The van der Waals surface area contributed by atoms with Crippen LogP contribution in [0.4, 0.5) is 14.5 Å².